The highest BCUT2D eigenvalue weighted by atomic mass is 16.3. The van der Waals surface area contributed by atoms with Crippen LogP contribution < -0.4 is 4.90 Å². The number of amides is 1. The molecule has 0 fully saturated rings. The molecular formula is C29H45NO2. The molecule has 0 aromatic heterocycles. The van der Waals surface area contributed by atoms with Gasteiger partial charge in [-0.15, -0.1) is 0 Å². The van der Waals surface area contributed by atoms with Crippen LogP contribution in [0.15, 0.2) is 48.8 Å². The molecule has 0 spiro atoms. The lowest BCUT2D eigenvalue weighted by Crippen LogP contribution is -2.44. The summed E-state index contributed by atoms with van der Waals surface area (Å²) in [4.78, 5) is 14.8. The van der Waals surface area contributed by atoms with Crippen molar-refractivity contribution in [1.82, 2.24) is 0 Å². The van der Waals surface area contributed by atoms with Gasteiger partial charge in [-0.3, -0.25) is 4.79 Å². The SMILES string of the molecule is C=C(O)C1CCc2ccccc2N1C(=O)CCCCCCC/C=C\CCCCCCCC. The van der Waals surface area contributed by atoms with E-state index < -0.39 is 0 Å². The fraction of sp³-hybridized carbons (Fsp3) is 0.621. The molecule has 1 atom stereocenters. The zero-order chi connectivity index (χ0) is 23.0. The molecule has 1 aliphatic heterocycles. The summed E-state index contributed by atoms with van der Waals surface area (Å²) in [5.74, 6) is 0.201. The van der Waals surface area contributed by atoms with E-state index in [-0.39, 0.29) is 17.7 Å². The molecule has 178 valence electrons. The number of nitrogens with zero attached hydrogens (tertiary/aromatic N) is 1. The van der Waals surface area contributed by atoms with Crippen molar-refractivity contribution in [1.29, 1.82) is 0 Å². The highest BCUT2D eigenvalue weighted by Gasteiger charge is 2.32. The number of hydrogen-bond acceptors (Lipinski definition) is 2. The topological polar surface area (TPSA) is 40.5 Å². The van der Waals surface area contributed by atoms with Crippen LogP contribution in [0.25, 0.3) is 0 Å². The van der Waals surface area contributed by atoms with Crippen LogP contribution in [-0.4, -0.2) is 17.1 Å². The molecule has 1 N–H and O–H groups in total. The van der Waals surface area contributed by atoms with E-state index in [2.05, 4.69) is 31.7 Å². The highest BCUT2D eigenvalue weighted by Crippen LogP contribution is 2.33. The highest BCUT2D eigenvalue weighted by molar-refractivity contribution is 5.95. The zero-order valence-corrected chi connectivity index (χ0v) is 20.4. The largest absolute Gasteiger partial charge is 0.511 e. The van der Waals surface area contributed by atoms with E-state index in [0.29, 0.717) is 6.42 Å². The Morgan fingerprint density at radius 2 is 1.56 bits per heavy atom. The molecule has 3 nitrogen and oxygen atoms in total. The Hall–Kier alpha value is -2.03. The van der Waals surface area contributed by atoms with E-state index in [1.54, 1.807) is 4.90 Å². The van der Waals surface area contributed by atoms with Gasteiger partial charge in [0.2, 0.25) is 5.91 Å². The van der Waals surface area contributed by atoms with Crippen molar-refractivity contribution >= 4 is 11.6 Å². The summed E-state index contributed by atoms with van der Waals surface area (Å²) in [6.07, 6.45) is 23.1. The standard InChI is InChI=1S/C29H45NO2/c1-3-4-5-6-7-8-9-10-11-12-13-14-15-16-17-22-29(32)30-27(25(2)31)24-23-26-20-18-19-21-28(26)30/h10-11,18-21,27,31H,2-9,12-17,22-24H2,1H3/b11-10-. The van der Waals surface area contributed by atoms with Gasteiger partial charge in [-0.2, -0.15) is 0 Å². The smallest absolute Gasteiger partial charge is 0.227 e. The quantitative estimate of drug-likeness (QED) is 0.159. The Balaban J connectivity index is 1.57. The lowest BCUT2D eigenvalue weighted by molar-refractivity contribution is -0.119. The maximum absolute atomic E-state index is 13.0. The van der Waals surface area contributed by atoms with Crippen LogP contribution in [0.5, 0.6) is 0 Å². The number of benzene rings is 1. The molecule has 1 aromatic carbocycles. The van der Waals surface area contributed by atoms with E-state index in [1.165, 1.54) is 76.2 Å². The fourth-order valence-corrected chi connectivity index (χ4v) is 4.64. The summed E-state index contributed by atoms with van der Waals surface area (Å²) in [5.41, 5.74) is 2.12. The summed E-state index contributed by atoms with van der Waals surface area (Å²) in [7, 11) is 0. The number of anilines is 1. The number of hydrogen-bond donors (Lipinski definition) is 1. The molecule has 1 aromatic rings. The number of fused-ring (bicyclic) bond motifs is 1. The molecule has 0 saturated carbocycles. The van der Waals surface area contributed by atoms with Crippen LogP contribution in [0.1, 0.15) is 109 Å². The maximum atomic E-state index is 13.0. The van der Waals surface area contributed by atoms with Gasteiger partial charge < -0.3 is 10.0 Å². The average molecular weight is 440 g/mol. The number of unbranched alkanes of at least 4 members (excludes halogenated alkanes) is 11. The van der Waals surface area contributed by atoms with Crippen LogP contribution in [0.2, 0.25) is 0 Å². The molecule has 0 radical (unpaired) electrons. The minimum absolute atomic E-state index is 0.0948. The number of aliphatic hydroxyl groups is 1. The molecule has 1 aliphatic rings. The number of aliphatic hydroxyl groups excluding tert-OH is 1. The molecular weight excluding hydrogens is 394 g/mol. The maximum Gasteiger partial charge on any atom is 0.227 e. The van der Waals surface area contributed by atoms with Gasteiger partial charge in [0.05, 0.1) is 6.04 Å². The van der Waals surface area contributed by atoms with Gasteiger partial charge in [0.15, 0.2) is 0 Å². The molecule has 3 heteroatoms. The molecule has 1 unspecified atom stereocenters. The van der Waals surface area contributed by atoms with Crippen LogP contribution in [0.3, 0.4) is 0 Å². The average Bonchev–Trinajstić information content (AvgIpc) is 2.80. The Kier molecular flexibility index (Phi) is 12.9. The predicted molar refractivity (Wildman–Crippen MR) is 137 cm³/mol. The van der Waals surface area contributed by atoms with Crippen LogP contribution in [-0.2, 0) is 11.2 Å². The first-order chi connectivity index (χ1) is 15.6. The normalized spacial score (nSPS) is 15.8. The number of allylic oxidation sites excluding steroid dienone is 2. The number of rotatable bonds is 16. The second-order valence-electron chi connectivity index (χ2n) is 9.27. The summed E-state index contributed by atoms with van der Waals surface area (Å²) >= 11 is 0. The first-order valence-corrected chi connectivity index (χ1v) is 13.1. The van der Waals surface area contributed by atoms with Crippen LogP contribution in [0, 0.1) is 0 Å². The van der Waals surface area contributed by atoms with E-state index in [4.69, 9.17) is 0 Å². The summed E-state index contributed by atoms with van der Waals surface area (Å²) in [6.45, 7) is 5.98. The first kappa shape index (κ1) is 26.2. The predicted octanol–water partition coefficient (Wildman–Crippen LogP) is 8.44. The van der Waals surface area contributed by atoms with Crippen LogP contribution >= 0.6 is 0 Å². The van der Waals surface area contributed by atoms with Gasteiger partial charge >= 0.3 is 0 Å². The molecule has 2 rings (SSSR count). The third-order valence-corrected chi connectivity index (χ3v) is 6.56. The molecule has 1 heterocycles. The lowest BCUT2D eigenvalue weighted by atomic mass is 9.94. The summed E-state index contributed by atoms with van der Waals surface area (Å²) in [5, 5.41) is 10.0. The number of carbonyl (C=O) groups excluding carboxylic acids is 1. The van der Waals surface area contributed by atoms with Crippen molar-refractivity contribution in [3.63, 3.8) is 0 Å². The van der Waals surface area contributed by atoms with Crippen molar-refractivity contribution in [2.75, 3.05) is 4.90 Å². The van der Waals surface area contributed by atoms with E-state index in [1.807, 2.05) is 18.2 Å². The van der Waals surface area contributed by atoms with Gasteiger partial charge in [-0.05, 0) is 56.6 Å². The number of para-hydroxylation sites is 1. The zero-order valence-electron chi connectivity index (χ0n) is 20.4. The third-order valence-electron chi connectivity index (χ3n) is 6.56. The Morgan fingerprint density at radius 3 is 2.22 bits per heavy atom. The summed E-state index contributed by atoms with van der Waals surface area (Å²) in [6, 6.07) is 7.75. The Labute approximate surface area is 196 Å². The fourth-order valence-electron chi connectivity index (χ4n) is 4.64. The molecule has 0 aliphatic carbocycles. The Bertz CT molecular complexity index is 709. The minimum atomic E-state index is -0.291. The molecule has 0 saturated heterocycles. The molecule has 0 bridgehead atoms. The van der Waals surface area contributed by atoms with Crippen molar-refractivity contribution < 1.29 is 9.90 Å². The van der Waals surface area contributed by atoms with Gasteiger partial charge in [0.1, 0.15) is 5.76 Å². The Morgan fingerprint density at radius 1 is 0.969 bits per heavy atom. The van der Waals surface area contributed by atoms with E-state index in [9.17, 15) is 9.90 Å². The second kappa shape index (κ2) is 15.7. The van der Waals surface area contributed by atoms with Crippen molar-refractivity contribution in [2.45, 2.75) is 116 Å². The van der Waals surface area contributed by atoms with Gasteiger partial charge in [0.25, 0.3) is 0 Å². The second-order valence-corrected chi connectivity index (χ2v) is 9.27. The number of carbonyl (C=O) groups is 1. The minimum Gasteiger partial charge on any atom is -0.511 e. The van der Waals surface area contributed by atoms with Crippen molar-refractivity contribution in [3.05, 3.63) is 54.3 Å². The van der Waals surface area contributed by atoms with Crippen LogP contribution in [0.4, 0.5) is 5.69 Å². The molecule has 1 amide bonds. The van der Waals surface area contributed by atoms with Gasteiger partial charge in [-0.1, -0.05) is 95.2 Å². The van der Waals surface area contributed by atoms with Crippen molar-refractivity contribution in [3.8, 4) is 0 Å². The van der Waals surface area contributed by atoms with Crippen molar-refractivity contribution in [2.24, 2.45) is 0 Å². The molecule has 32 heavy (non-hydrogen) atoms. The van der Waals surface area contributed by atoms with Gasteiger partial charge in [-0.25, -0.2) is 0 Å². The number of aryl methyl sites for hydroxylation is 1. The third kappa shape index (κ3) is 9.22. The summed E-state index contributed by atoms with van der Waals surface area (Å²) < 4.78 is 0. The van der Waals surface area contributed by atoms with Gasteiger partial charge in [0, 0.05) is 12.1 Å². The van der Waals surface area contributed by atoms with E-state index >= 15 is 0 Å². The van der Waals surface area contributed by atoms with E-state index in [0.717, 1.165) is 31.4 Å². The first-order valence-electron chi connectivity index (χ1n) is 13.1. The monoisotopic (exact) mass is 439 g/mol. The lowest BCUT2D eigenvalue weighted by Gasteiger charge is -2.36.